The fourth-order valence-electron chi connectivity index (χ4n) is 3.83. The normalized spacial score (nSPS) is 17.0. The van der Waals surface area contributed by atoms with E-state index in [2.05, 4.69) is 50.3 Å². The summed E-state index contributed by atoms with van der Waals surface area (Å²) >= 11 is 3.62. The molecule has 2 aromatic rings. The molecule has 32 heavy (non-hydrogen) atoms. The predicted octanol–water partition coefficient (Wildman–Crippen LogP) is 4.89. The fraction of sp³-hybridized carbons (Fsp3) is 0.591. The second-order valence-corrected chi connectivity index (χ2v) is 10.4. The first kappa shape index (κ1) is 24.2. The van der Waals surface area contributed by atoms with Crippen molar-refractivity contribution in [2.75, 3.05) is 29.9 Å². The lowest BCUT2D eigenvalue weighted by Gasteiger charge is -2.36. The number of halogens is 1. The van der Waals surface area contributed by atoms with Gasteiger partial charge in [-0.3, -0.25) is 0 Å². The third-order valence-electron chi connectivity index (χ3n) is 5.11. The molecule has 176 valence electrons. The van der Waals surface area contributed by atoms with Crippen LogP contribution in [-0.2, 0) is 4.74 Å². The average Bonchev–Trinajstić information content (AvgIpc) is 3.03. The van der Waals surface area contributed by atoms with Crippen molar-refractivity contribution in [2.24, 2.45) is 5.92 Å². The number of alkyl carbamates (subject to hydrolysis) is 1. The zero-order valence-corrected chi connectivity index (χ0v) is 20.8. The van der Waals surface area contributed by atoms with Crippen molar-refractivity contribution in [1.29, 1.82) is 0 Å². The van der Waals surface area contributed by atoms with Crippen LogP contribution in [0.5, 0.6) is 0 Å². The largest absolute Gasteiger partial charge is 0.464 e. The lowest BCUT2D eigenvalue weighted by Crippen LogP contribution is -2.49. The van der Waals surface area contributed by atoms with Crippen LogP contribution in [0.4, 0.5) is 21.0 Å². The van der Waals surface area contributed by atoms with Crippen molar-refractivity contribution in [2.45, 2.75) is 59.1 Å². The molecule has 3 N–H and O–H groups in total. The van der Waals surface area contributed by atoms with Gasteiger partial charge in [-0.15, -0.1) is 0 Å². The van der Waals surface area contributed by atoms with E-state index in [1.54, 1.807) is 12.4 Å². The van der Waals surface area contributed by atoms with Crippen LogP contribution in [0, 0.1) is 5.92 Å². The molecule has 1 fully saturated rings. The number of nitrogens with zero attached hydrogens (tertiary/aromatic N) is 3. The molecule has 1 atom stereocenters. The molecule has 0 aliphatic carbocycles. The highest BCUT2D eigenvalue weighted by Crippen LogP contribution is 2.40. The topological polar surface area (TPSA) is 109 Å². The number of aromatic nitrogens is 2. The summed E-state index contributed by atoms with van der Waals surface area (Å²) in [5.41, 5.74) is 1.42. The predicted molar refractivity (Wildman–Crippen MR) is 129 cm³/mol. The van der Waals surface area contributed by atoms with Gasteiger partial charge in [0.25, 0.3) is 0 Å². The maximum absolute atomic E-state index is 12.3. The van der Waals surface area contributed by atoms with Crippen molar-refractivity contribution in [3.63, 3.8) is 0 Å². The summed E-state index contributed by atoms with van der Waals surface area (Å²) in [6.07, 6.45) is 3.42. The molecule has 1 unspecified atom stereocenters. The minimum Gasteiger partial charge on any atom is -0.464 e. The number of hydrogen-bond acceptors (Lipinski definition) is 6. The molecule has 0 spiro atoms. The standard InChI is InChI=1S/C22H32BrN5O4/c1-13(2)9-24-16-12-28(21(30)31)19-17(16)18(15(23)10-25-19)27-8-6-7-14(11-27)26-20(29)32-22(3,4)5/h10,12-14,24H,6-9,11H2,1-5H3,(H,26,29)(H,30,31). The van der Waals surface area contributed by atoms with Crippen molar-refractivity contribution < 1.29 is 19.4 Å². The Labute approximate surface area is 196 Å². The van der Waals surface area contributed by atoms with Crippen LogP contribution in [0.1, 0.15) is 47.5 Å². The minimum atomic E-state index is -1.09. The number of rotatable bonds is 5. The highest BCUT2D eigenvalue weighted by Gasteiger charge is 2.28. The van der Waals surface area contributed by atoms with Crippen LogP contribution >= 0.6 is 15.9 Å². The molecular formula is C22H32BrN5O4. The number of anilines is 2. The molecule has 1 saturated heterocycles. The van der Waals surface area contributed by atoms with Crippen LogP contribution in [-0.4, -0.2) is 58.1 Å². The Morgan fingerprint density at radius 1 is 1.38 bits per heavy atom. The van der Waals surface area contributed by atoms with Crippen LogP contribution in [0.15, 0.2) is 16.9 Å². The summed E-state index contributed by atoms with van der Waals surface area (Å²) in [6.45, 7) is 11.8. The van der Waals surface area contributed by atoms with Crippen LogP contribution < -0.4 is 15.5 Å². The SMILES string of the molecule is CC(C)CNc1cn(C(=O)O)c2ncc(Br)c(N3CCCC(NC(=O)OC(C)(C)C)C3)c12. The van der Waals surface area contributed by atoms with Gasteiger partial charge in [0.15, 0.2) is 5.65 Å². The maximum Gasteiger partial charge on any atom is 0.417 e. The first-order valence-electron chi connectivity index (χ1n) is 10.9. The van der Waals surface area contributed by atoms with E-state index in [4.69, 9.17) is 4.74 Å². The second kappa shape index (κ2) is 9.56. The van der Waals surface area contributed by atoms with E-state index in [1.165, 1.54) is 0 Å². The Balaban J connectivity index is 1.95. The van der Waals surface area contributed by atoms with Gasteiger partial charge in [-0.1, -0.05) is 13.8 Å². The zero-order chi connectivity index (χ0) is 23.6. The molecule has 0 radical (unpaired) electrons. The second-order valence-electron chi connectivity index (χ2n) is 9.55. The van der Waals surface area contributed by atoms with Gasteiger partial charge in [0.05, 0.1) is 21.2 Å². The summed E-state index contributed by atoms with van der Waals surface area (Å²) in [4.78, 5) is 30.7. The Kier molecular flexibility index (Phi) is 7.22. The Hall–Kier alpha value is -2.49. The van der Waals surface area contributed by atoms with Crippen molar-refractivity contribution in [3.05, 3.63) is 16.9 Å². The third-order valence-corrected chi connectivity index (χ3v) is 5.69. The van der Waals surface area contributed by atoms with E-state index >= 15 is 0 Å². The molecule has 10 heteroatoms. The molecule has 0 aromatic carbocycles. The molecule has 0 bridgehead atoms. The summed E-state index contributed by atoms with van der Waals surface area (Å²) < 4.78 is 7.34. The fourth-order valence-corrected chi connectivity index (χ4v) is 4.38. The first-order valence-corrected chi connectivity index (χ1v) is 11.7. The molecular weight excluding hydrogens is 478 g/mol. The first-order chi connectivity index (χ1) is 15.0. The van der Waals surface area contributed by atoms with E-state index in [9.17, 15) is 14.7 Å². The number of piperidine rings is 1. The summed E-state index contributed by atoms with van der Waals surface area (Å²) in [7, 11) is 0. The summed E-state index contributed by atoms with van der Waals surface area (Å²) in [6, 6.07) is -0.0812. The number of pyridine rings is 1. The van der Waals surface area contributed by atoms with Crippen LogP contribution in [0.2, 0.25) is 0 Å². The van der Waals surface area contributed by atoms with Crippen molar-refractivity contribution in [3.8, 4) is 0 Å². The van der Waals surface area contributed by atoms with Gasteiger partial charge in [0.1, 0.15) is 5.60 Å². The van der Waals surface area contributed by atoms with Crippen molar-refractivity contribution in [1.82, 2.24) is 14.9 Å². The molecule has 1 aliphatic rings. The van der Waals surface area contributed by atoms with Crippen molar-refractivity contribution >= 4 is 50.5 Å². The Morgan fingerprint density at radius 3 is 2.72 bits per heavy atom. The quantitative estimate of drug-likeness (QED) is 0.526. The monoisotopic (exact) mass is 509 g/mol. The minimum absolute atomic E-state index is 0.0812. The summed E-state index contributed by atoms with van der Waals surface area (Å²) in [5.74, 6) is 0.388. The van der Waals surface area contributed by atoms with Crippen LogP contribution in [0.3, 0.4) is 0 Å². The number of hydrogen-bond donors (Lipinski definition) is 3. The molecule has 1 amide bonds. The molecule has 0 saturated carbocycles. The van der Waals surface area contributed by atoms with Crippen LogP contribution in [0.25, 0.3) is 11.0 Å². The lowest BCUT2D eigenvalue weighted by molar-refractivity contribution is 0.0500. The van der Waals surface area contributed by atoms with Gasteiger partial charge in [0.2, 0.25) is 0 Å². The molecule has 9 nitrogen and oxygen atoms in total. The van der Waals surface area contributed by atoms with Gasteiger partial charge in [-0.05, 0) is 55.5 Å². The number of carboxylic acid groups (broad SMARTS) is 1. The number of carbonyl (C=O) groups is 2. The van der Waals surface area contributed by atoms with Gasteiger partial charge in [-0.2, -0.15) is 0 Å². The number of amides is 1. The highest BCUT2D eigenvalue weighted by atomic mass is 79.9. The molecule has 2 aromatic heterocycles. The number of fused-ring (bicyclic) bond motifs is 1. The van der Waals surface area contributed by atoms with E-state index in [0.29, 0.717) is 24.7 Å². The molecule has 3 rings (SSSR count). The van der Waals surface area contributed by atoms with E-state index in [-0.39, 0.29) is 6.04 Å². The van der Waals surface area contributed by atoms with Gasteiger partial charge < -0.3 is 25.4 Å². The van der Waals surface area contributed by atoms with E-state index < -0.39 is 17.8 Å². The maximum atomic E-state index is 12.3. The van der Waals surface area contributed by atoms with E-state index in [0.717, 1.165) is 45.2 Å². The Bertz CT molecular complexity index is 998. The van der Waals surface area contributed by atoms with E-state index in [1.807, 2.05) is 20.8 Å². The van der Waals surface area contributed by atoms with Gasteiger partial charge in [-0.25, -0.2) is 19.1 Å². The third kappa shape index (κ3) is 5.65. The lowest BCUT2D eigenvalue weighted by atomic mass is 10.0. The smallest absolute Gasteiger partial charge is 0.417 e. The summed E-state index contributed by atoms with van der Waals surface area (Å²) in [5, 5.41) is 16.8. The number of carbonyl (C=O) groups excluding carboxylic acids is 1. The molecule has 3 heterocycles. The molecule has 1 aliphatic heterocycles. The highest BCUT2D eigenvalue weighted by molar-refractivity contribution is 9.10. The number of ether oxygens (including phenoxy) is 1. The van der Waals surface area contributed by atoms with Gasteiger partial charge >= 0.3 is 12.2 Å². The van der Waals surface area contributed by atoms with Gasteiger partial charge in [0, 0.05) is 38.1 Å². The zero-order valence-electron chi connectivity index (χ0n) is 19.2. The average molecular weight is 510 g/mol. The Morgan fingerprint density at radius 2 is 2.09 bits per heavy atom. The number of nitrogens with one attached hydrogen (secondary N) is 2.